The molecule has 5 nitrogen and oxygen atoms in total. The van der Waals surface area contributed by atoms with E-state index in [1.165, 1.54) is 12.8 Å². The minimum Gasteiger partial charge on any atom is -0.481 e. The Bertz CT molecular complexity index is 785. The summed E-state index contributed by atoms with van der Waals surface area (Å²) in [5.41, 5.74) is 2.66. The Kier molecular flexibility index (Phi) is 7.23. The molecule has 2 unspecified atom stereocenters. The van der Waals surface area contributed by atoms with E-state index in [0.717, 1.165) is 40.6 Å². The lowest BCUT2D eigenvalue weighted by molar-refractivity contribution is -0.138. The second kappa shape index (κ2) is 9.19. The molecule has 6 heteroatoms. The number of hydrogen-bond acceptors (Lipinski definition) is 3. The minimum atomic E-state index is -0.656. The van der Waals surface area contributed by atoms with Gasteiger partial charge in [-0.3, -0.25) is 9.59 Å². The van der Waals surface area contributed by atoms with Crippen molar-refractivity contribution in [2.75, 3.05) is 7.05 Å². The molecule has 1 saturated carbocycles. The van der Waals surface area contributed by atoms with Gasteiger partial charge >= 0.3 is 5.97 Å². The first-order valence-electron chi connectivity index (χ1n) is 8.96. The summed E-state index contributed by atoms with van der Waals surface area (Å²) in [5.74, 6) is -0.259. The molecule has 1 aliphatic carbocycles. The zero-order valence-electron chi connectivity index (χ0n) is 15.6. The highest BCUT2D eigenvalue weighted by atomic mass is 35.5. The predicted molar refractivity (Wildman–Crippen MR) is 105 cm³/mol. The highest BCUT2D eigenvalue weighted by molar-refractivity contribution is 6.36. The van der Waals surface area contributed by atoms with Crippen LogP contribution in [-0.4, -0.2) is 35.0 Å². The van der Waals surface area contributed by atoms with E-state index < -0.39 is 5.97 Å². The maximum Gasteiger partial charge on any atom is 0.303 e. The van der Waals surface area contributed by atoms with Gasteiger partial charge < -0.3 is 15.0 Å². The molecular formula is C20H27ClN2O3. The number of hydrogen-bond donors (Lipinski definition) is 2. The molecule has 2 N–H and O–H groups in total. The SMILES string of the molecule is CNC1CCCC(CC(=O)O)C1.Cc1ccc2c(cc(C=O)n2C)c1Cl. The number of nitrogens with zero attached hydrogens (tertiary/aromatic N) is 1. The molecule has 0 saturated heterocycles. The quantitative estimate of drug-likeness (QED) is 0.782. The van der Waals surface area contributed by atoms with E-state index >= 15 is 0 Å². The summed E-state index contributed by atoms with van der Waals surface area (Å²) in [6.45, 7) is 1.95. The van der Waals surface area contributed by atoms with E-state index in [1.807, 2.05) is 43.8 Å². The van der Waals surface area contributed by atoms with Crippen molar-refractivity contribution in [2.24, 2.45) is 13.0 Å². The molecule has 0 amide bonds. The van der Waals surface area contributed by atoms with Gasteiger partial charge in [-0.25, -0.2) is 0 Å². The van der Waals surface area contributed by atoms with Crippen molar-refractivity contribution in [3.8, 4) is 0 Å². The summed E-state index contributed by atoms with van der Waals surface area (Å²) in [6, 6.07) is 6.29. The smallest absolute Gasteiger partial charge is 0.303 e. The van der Waals surface area contributed by atoms with Crippen molar-refractivity contribution in [3.63, 3.8) is 0 Å². The van der Waals surface area contributed by atoms with Crippen molar-refractivity contribution >= 4 is 34.8 Å². The van der Waals surface area contributed by atoms with Crippen molar-refractivity contribution in [1.82, 2.24) is 9.88 Å². The summed E-state index contributed by atoms with van der Waals surface area (Å²) >= 11 is 6.14. The highest BCUT2D eigenvalue weighted by Crippen LogP contribution is 2.28. The molecule has 1 aromatic heterocycles. The van der Waals surface area contributed by atoms with Crippen molar-refractivity contribution in [1.29, 1.82) is 0 Å². The summed E-state index contributed by atoms with van der Waals surface area (Å²) in [4.78, 5) is 21.2. The summed E-state index contributed by atoms with van der Waals surface area (Å²) in [7, 11) is 3.81. The number of aldehydes is 1. The topological polar surface area (TPSA) is 71.3 Å². The second-order valence-corrected chi connectivity index (χ2v) is 7.37. The molecule has 1 heterocycles. The lowest BCUT2D eigenvalue weighted by Crippen LogP contribution is -2.31. The van der Waals surface area contributed by atoms with Gasteiger partial charge in [-0.15, -0.1) is 0 Å². The van der Waals surface area contributed by atoms with Gasteiger partial charge in [-0.05, 0) is 56.8 Å². The lowest BCUT2D eigenvalue weighted by Gasteiger charge is -2.27. The number of carbonyl (C=O) groups excluding carboxylic acids is 1. The van der Waals surface area contributed by atoms with Gasteiger partial charge in [0.25, 0.3) is 0 Å². The zero-order valence-corrected chi connectivity index (χ0v) is 16.3. The molecule has 2 aromatic rings. The molecule has 3 rings (SSSR count). The maximum absolute atomic E-state index is 10.7. The van der Waals surface area contributed by atoms with Crippen molar-refractivity contribution in [2.45, 2.75) is 45.1 Å². The van der Waals surface area contributed by atoms with E-state index in [9.17, 15) is 9.59 Å². The van der Waals surface area contributed by atoms with E-state index in [2.05, 4.69) is 5.32 Å². The number of fused-ring (bicyclic) bond motifs is 1. The minimum absolute atomic E-state index is 0.345. The fourth-order valence-corrected chi connectivity index (χ4v) is 3.82. The van der Waals surface area contributed by atoms with Crippen LogP contribution in [0.3, 0.4) is 0 Å². The third-order valence-corrected chi connectivity index (χ3v) is 5.67. The normalized spacial score (nSPS) is 19.7. The maximum atomic E-state index is 10.7. The number of rotatable bonds is 4. The van der Waals surface area contributed by atoms with E-state index in [1.54, 1.807) is 0 Å². The lowest BCUT2D eigenvalue weighted by atomic mass is 9.84. The van der Waals surface area contributed by atoms with Crippen LogP contribution in [0.15, 0.2) is 18.2 Å². The van der Waals surface area contributed by atoms with Crippen LogP contribution in [0.25, 0.3) is 10.9 Å². The summed E-state index contributed by atoms with van der Waals surface area (Å²) in [6.07, 6.45) is 5.67. The monoisotopic (exact) mass is 378 g/mol. The van der Waals surface area contributed by atoms with Gasteiger partial charge in [0.2, 0.25) is 0 Å². The first-order valence-corrected chi connectivity index (χ1v) is 9.33. The molecule has 142 valence electrons. The van der Waals surface area contributed by atoms with Gasteiger partial charge in [-0.2, -0.15) is 0 Å². The number of aromatic nitrogens is 1. The van der Waals surface area contributed by atoms with Crippen LogP contribution in [0, 0.1) is 12.8 Å². The van der Waals surface area contributed by atoms with Gasteiger partial charge in [-0.1, -0.05) is 24.1 Å². The zero-order chi connectivity index (χ0) is 19.3. The summed E-state index contributed by atoms with van der Waals surface area (Å²) in [5, 5.41) is 13.5. The molecule has 0 bridgehead atoms. The Balaban J connectivity index is 0.000000190. The number of carboxylic acids is 1. The Morgan fingerprint density at radius 3 is 2.77 bits per heavy atom. The fraction of sp³-hybridized carbons (Fsp3) is 0.500. The average molecular weight is 379 g/mol. The Morgan fingerprint density at radius 2 is 2.15 bits per heavy atom. The third-order valence-electron chi connectivity index (χ3n) is 5.17. The van der Waals surface area contributed by atoms with Gasteiger partial charge in [0.05, 0.1) is 10.7 Å². The first-order chi connectivity index (χ1) is 12.4. The summed E-state index contributed by atoms with van der Waals surface area (Å²) < 4.78 is 1.84. The highest BCUT2D eigenvalue weighted by Gasteiger charge is 2.22. The number of carbonyl (C=O) groups is 2. The standard InChI is InChI=1S/C11H10ClNO.C9H17NO2/c1-7-3-4-10-9(11(7)12)5-8(6-14)13(10)2;1-10-8-4-2-3-7(5-8)6-9(11)12/h3-6H,1-2H3;7-8,10H,2-6H2,1H3,(H,11,12). The number of nitrogens with one attached hydrogen (secondary N) is 1. The molecular weight excluding hydrogens is 352 g/mol. The largest absolute Gasteiger partial charge is 0.481 e. The number of carboxylic acid groups (broad SMARTS) is 1. The molecule has 1 aromatic carbocycles. The number of halogens is 1. The van der Waals surface area contributed by atoms with E-state index in [4.69, 9.17) is 16.7 Å². The molecule has 1 aliphatic rings. The average Bonchev–Trinajstić information content (AvgIpc) is 2.95. The van der Waals surface area contributed by atoms with Crippen molar-refractivity contribution < 1.29 is 14.7 Å². The van der Waals surface area contributed by atoms with Gasteiger partial charge in [0.15, 0.2) is 6.29 Å². The Labute approximate surface area is 159 Å². The Morgan fingerprint density at radius 1 is 1.42 bits per heavy atom. The number of aliphatic carboxylic acids is 1. The van der Waals surface area contributed by atoms with Gasteiger partial charge in [0.1, 0.15) is 0 Å². The molecule has 0 radical (unpaired) electrons. The first kappa shape index (κ1) is 20.5. The van der Waals surface area contributed by atoms with Crippen LogP contribution in [-0.2, 0) is 11.8 Å². The van der Waals surface area contributed by atoms with Crippen LogP contribution >= 0.6 is 11.6 Å². The van der Waals surface area contributed by atoms with Crippen LogP contribution in [0.5, 0.6) is 0 Å². The third kappa shape index (κ3) is 4.86. The molecule has 0 aliphatic heterocycles. The van der Waals surface area contributed by atoms with E-state index in [-0.39, 0.29) is 0 Å². The van der Waals surface area contributed by atoms with E-state index in [0.29, 0.717) is 24.1 Å². The van der Waals surface area contributed by atoms with Crippen LogP contribution in [0.1, 0.15) is 48.2 Å². The molecule has 1 fully saturated rings. The Hall–Kier alpha value is -1.85. The molecule has 26 heavy (non-hydrogen) atoms. The fourth-order valence-electron chi connectivity index (χ4n) is 3.60. The van der Waals surface area contributed by atoms with Crippen LogP contribution in [0.2, 0.25) is 5.02 Å². The predicted octanol–water partition coefficient (Wildman–Crippen LogP) is 4.19. The van der Waals surface area contributed by atoms with Crippen LogP contribution < -0.4 is 5.32 Å². The van der Waals surface area contributed by atoms with Crippen molar-refractivity contribution in [3.05, 3.63) is 34.5 Å². The second-order valence-electron chi connectivity index (χ2n) is 6.99. The molecule has 2 atom stereocenters. The number of benzene rings is 1. The van der Waals surface area contributed by atoms with Gasteiger partial charge in [0, 0.05) is 30.4 Å². The van der Waals surface area contributed by atoms with Crippen LogP contribution in [0.4, 0.5) is 0 Å². The molecule has 0 spiro atoms. The number of aryl methyl sites for hydroxylation is 2.